The molecule has 4 heteroatoms. The fourth-order valence-corrected chi connectivity index (χ4v) is 2.35. The van der Waals surface area contributed by atoms with Gasteiger partial charge in [-0.25, -0.2) is 4.98 Å². The van der Waals surface area contributed by atoms with Crippen LogP contribution in [0.1, 0.15) is 22.7 Å². The zero-order valence-electron chi connectivity index (χ0n) is 8.45. The van der Waals surface area contributed by atoms with Crippen molar-refractivity contribution in [1.29, 1.82) is 0 Å². The Labute approximate surface area is 88.5 Å². The minimum atomic E-state index is 0.443. The summed E-state index contributed by atoms with van der Waals surface area (Å²) in [5, 5.41) is 4.45. The Morgan fingerprint density at radius 1 is 1.57 bits per heavy atom. The third kappa shape index (κ3) is 2.77. The third-order valence-electron chi connectivity index (χ3n) is 2.42. The average Bonchev–Trinajstić information content (AvgIpc) is 2.63. The summed E-state index contributed by atoms with van der Waals surface area (Å²) in [7, 11) is 0. The molecule has 1 N–H and O–H groups in total. The van der Waals surface area contributed by atoms with Gasteiger partial charge in [0.25, 0.3) is 0 Å². The quantitative estimate of drug-likeness (QED) is 0.828. The molecule has 3 nitrogen and oxygen atoms in total. The molecule has 2 rings (SSSR count). The normalized spacial score (nSPS) is 18.6. The predicted octanol–water partition coefficient (Wildman–Crippen LogP) is 1.72. The van der Waals surface area contributed by atoms with Crippen LogP contribution in [0.15, 0.2) is 6.20 Å². The van der Waals surface area contributed by atoms with E-state index in [0.29, 0.717) is 6.10 Å². The van der Waals surface area contributed by atoms with Gasteiger partial charge in [-0.05, 0) is 32.9 Å². The Hall–Kier alpha value is -0.450. The van der Waals surface area contributed by atoms with Gasteiger partial charge < -0.3 is 10.1 Å². The second-order valence-electron chi connectivity index (χ2n) is 3.61. The Bertz CT molecular complexity index is 281. The molecule has 1 saturated heterocycles. The molecule has 0 unspecified atom stereocenters. The van der Waals surface area contributed by atoms with E-state index in [1.807, 2.05) is 13.1 Å². The Morgan fingerprint density at radius 3 is 3.00 bits per heavy atom. The van der Waals surface area contributed by atoms with Crippen LogP contribution in [0.25, 0.3) is 0 Å². The lowest BCUT2D eigenvalue weighted by molar-refractivity contribution is 0.0225. The summed E-state index contributed by atoms with van der Waals surface area (Å²) < 4.78 is 5.81. The lowest BCUT2D eigenvalue weighted by atomic mass is 10.1. The highest BCUT2D eigenvalue weighted by Gasteiger charge is 2.13. The standard InChI is InChI=1S/C10H16N2OS/c1-8-12-6-10(14-8)7-13-9-2-4-11-5-3-9/h6,9,11H,2-5,7H2,1H3. The van der Waals surface area contributed by atoms with Crippen LogP contribution < -0.4 is 5.32 Å². The molecule has 0 bridgehead atoms. The molecular weight excluding hydrogens is 196 g/mol. The number of hydrogen-bond acceptors (Lipinski definition) is 4. The van der Waals surface area contributed by atoms with Crippen molar-refractivity contribution in [1.82, 2.24) is 10.3 Å². The van der Waals surface area contributed by atoms with E-state index in [-0.39, 0.29) is 0 Å². The van der Waals surface area contributed by atoms with Crippen LogP contribution in [0.3, 0.4) is 0 Å². The van der Waals surface area contributed by atoms with E-state index >= 15 is 0 Å². The molecule has 0 spiro atoms. The maximum absolute atomic E-state index is 5.81. The van der Waals surface area contributed by atoms with Gasteiger partial charge in [-0.15, -0.1) is 11.3 Å². The van der Waals surface area contributed by atoms with Crippen LogP contribution in [0, 0.1) is 6.92 Å². The van der Waals surface area contributed by atoms with Gasteiger partial charge in [0.2, 0.25) is 0 Å². The van der Waals surface area contributed by atoms with Crippen molar-refractivity contribution in [3.05, 3.63) is 16.1 Å². The smallest absolute Gasteiger partial charge is 0.0897 e. The maximum atomic E-state index is 5.81. The molecule has 0 amide bonds. The van der Waals surface area contributed by atoms with Crippen LogP contribution in [0.5, 0.6) is 0 Å². The molecule has 0 radical (unpaired) electrons. The van der Waals surface area contributed by atoms with Crippen molar-refractivity contribution in [2.45, 2.75) is 32.5 Å². The lowest BCUT2D eigenvalue weighted by Gasteiger charge is -2.22. The van der Waals surface area contributed by atoms with Crippen LogP contribution >= 0.6 is 11.3 Å². The van der Waals surface area contributed by atoms with Gasteiger partial charge in [0.1, 0.15) is 0 Å². The Kier molecular flexibility index (Phi) is 3.50. The largest absolute Gasteiger partial charge is 0.373 e. The molecule has 0 aliphatic carbocycles. The second kappa shape index (κ2) is 4.87. The number of thiazole rings is 1. The summed E-state index contributed by atoms with van der Waals surface area (Å²) in [6, 6.07) is 0. The highest BCUT2D eigenvalue weighted by molar-refractivity contribution is 7.11. The summed E-state index contributed by atoms with van der Waals surface area (Å²) in [4.78, 5) is 5.44. The Morgan fingerprint density at radius 2 is 2.36 bits per heavy atom. The van der Waals surface area contributed by atoms with Crippen molar-refractivity contribution in [3.8, 4) is 0 Å². The summed E-state index contributed by atoms with van der Waals surface area (Å²) in [5.41, 5.74) is 0. The molecule has 0 atom stereocenters. The van der Waals surface area contributed by atoms with Gasteiger partial charge in [-0.3, -0.25) is 0 Å². The molecule has 1 aliphatic rings. The van der Waals surface area contributed by atoms with Gasteiger partial charge >= 0.3 is 0 Å². The zero-order valence-corrected chi connectivity index (χ0v) is 9.27. The van der Waals surface area contributed by atoms with Crippen LogP contribution in [0.2, 0.25) is 0 Å². The zero-order chi connectivity index (χ0) is 9.80. The van der Waals surface area contributed by atoms with E-state index in [1.165, 1.54) is 4.88 Å². The number of nitrogens with zero attached hydrogens (tertiary/aromatic N) is 1. The monoisotopic (exact) mass is 212 g/mol. The number of aromatic nitrogens is 1. The highest BCUT2D eigenvalue weighted by Crippen LogP contribution is 2.15. The number of ether oxygens (including phenoxy) is 1. The van der Waals surface area contributed by atoms with Crippen LogP contribution in [0.4, 0.5) is 0 Å². The van der Waals surface area contributed by atoms with E-state index < -0.39 is 0 Å². The van der Waals surface area contributed by atoms with Crippen LogP contribution in [-0.4, -0.2) is 24.2 Å². The first-order valence-corrected chi connectivity index (χ1v) is 5.90. The summed E-state index contributed by atoms with van der Waals surface area (Å²) >= 11 is 1.72. The molecule has 0 aromatic carbocycles. The topological polar surface area (TPSA) is 34.1 Å². The minimum Gasteiger partial charge on any atom is -0.373 e. The summed E-state index contributed by atoms with van der Waals surface area (Å²) in [6.07, 6.45) is 4.63. The van der Waals surface area contributed by atoms with Crippen LogP contribution in [-0.2, 0) is 11.3 Å². The number of aryl methyl sites for hydroxylation is 1. The van der Waals surface area contributed by atoms with E-state index in [9.17, 15) is 0 Å². The fourth-order valence-electron chi connectivity index (χ4n) is 1.63. The third-order valence-corrected chi connectivity index (χ3v) is 3.30. The molecule has 0 saturated carbocycles. The lowest BCUT2D eigenvalue weighted by Crippen LogP contribution is -2.32. The SMILES string of the molecule is Cc1ncc(COC2CCNCC2)s1. The second-order valence-corrected chi connectivity index (χ2v) is 4.93. The van der Waals surface area contributed by atoms with Crippen molar-refractivity contribution < 1.29 is 4.74 Å². The van der Waals surface area contributed by atoms with Gasteiger partial charge in [-0.2, -0.15) is 0 Å². The van der Waals surface area contributed by atoms with Crippen molar-refractivity contribution >= 4 is 11.3 Å². The minimum absolute atomic E-state index is 0.443. The van der Waals surface area contributed by atoms with Gasteiger partial charge in [-0.1, -0.05) is 0 Å². The van der Waals surface area contributed by atoms with Crippen molar-refractivity contribution in [2.24, 2.45) is 0 Å². The molecular formula is C10H16N2OS. The molecule has 1 fully saturated rings. The van der Waals surface area contributed by atoms with Gasteiger partial charge in [0.05, 0.1) is 22.6 Å². The van der Waals surface area contributed by atoms with Crippen molar-refractivity contribution in [2.75, 3.05) is 13.1 Å². The van der Waals surface area contributed by atoms with Gasteiger partial charge in [0.15, 0.2) is 0 Å². The molecule has 1 aliphatic heterocycles. The van der Waals surface area contributed by atoms with E-state index in [4.69, 9.17) is 4.74 Å². The highest BCUT2D eigenvalue weighted by atomic mass is 32.1. The predicted molar refractivity (Wildman–Crippen MR) is 57.5 cm³/mol. The molecule has 1 aromatic heterocycles. The first-order valence-electron chi connectivity index (χ1n) is 5.08. The van der Waals surface area contributed by atoms with E-state index in [0.717, 1.165) is 37.5 Å². The molecule has 78 valence electrons. The number of nitrogens with one attached hydrogen (secondary N) is 1. The first kappa shape index (κ1) is 10.1. The number of hydrogen-bond donors (Lipinski definition) is 1. The average molecular weight is 212 g/mol. The van der Waals surface area contributed by atoms with E-state index in [1.54, 1.807) is 11.3 Å². The summed E-state index contributed by atoms with van der Waals surface area (Å²) in [5.74, 6) is 0. The fraction of sp³-hybridized carbons (Fsp3) is 0.700. The van der Waals surface area contributed by atoms with E-state index in [2.05, 4.69) is 10.3 Å². The Balaban J connectivity index is 1.76. The first-order chi connectivity index (χ1) is 6.84. The molecule has 1 aromatic rings. The van der Waals surface area contributed by atoms with Crippen molar-refractivity contribution in [3.63, 3.8) is 0 Å². The molecule has 2 heterocycles. The maximum Gasteiger partial charge on any atom is 0.0897 e. The number of rotatable bonds is 3. The number of piperidine rings is 1. The summed E-state index contributed by atoms with van der Waals surface area (Å²) in [6.45, 7) is 4.94. The van der Waals surface area contributed by atoms with Gasteiger partial charge in [0, 0.05) is 6.20 Å². The molecule has 14 heavy (non-hydrogen) atoms.